The number of nitrogens with zero attached hydrogens (tertiary/aromatic N) is 2. The molecule has 0 aliphatic carbocycles. The maximum absolute atomic E-state index is 12.5. The Labute approximate surface area is 180 Å². The van der Waals surface area contributed by atoms with Crippen molar-refractivity contribution in [3.63, 3.8) is 0 Å². The molecule has 0 radical (unpaired) electrons. The Morgan fingerprint density at radius 3 is 2.16 bits per heavy atom. The minimum absolute atomic E-state index is 0.0383. The van der Waals surface area contributed by atoms with Crippen molar-refractivity contribution in [1.82, 2.24) is 10.1 Å². The fraction of sp³-hybridized carbons (Fsp3) is 0.261. The lowest BCUT2D eigenvalue weighted by atomic mass is 10.2. The van der Waals surface area contributed by atoms with Gasteiger partial charge in [0.2, 0.25) is 0 Å². The molecule has 31 heavy (non-hydrogen) atoms. The summed E-state index contributed by atoms with van der Waals surface area (Å²) in [6, 6.07) is 13.7. The summed E-state index contributed by atoms with van der Waals surface area (Å²) < 4.78 is 16.3. The number of hydrogen-bond donors (Lipinski definition) is 1. The fourth-order valence-corrected chi connectivity index (χ4v) is 2.68. The molecule has 3 aromatic rings. The van der Waals surface area contributed by atoms with Gasteiger partial charge in [0.15, 0.2) is 6.61 Å². The normalized spacial score (nSPS) is 10.5. The smallest absolute Gasteiger partial charge is 0.259 e. The van der Waals surface area contributed by atoms with Crippen LogP contribution in [0.15, 0.2) is 53.1 Å². The van der Waals surface area contributed by atoms with Gasteiger partial charge in [-0.05, 0) is 62.4 Å². The Morgan fingerprint density at radius 2 is 1.58 bits per heavy atom. The zero-order valence-corrected chi connectivity index (χ0v) is 18.0. The minimum Gasteiger partial charge on any atom is -0.489 e. The van der Waals surface area contributed by atoms with Gasteiger partial charge >= 0.3 is 0 Å². The van der Waals surface area contributed by atoms with Crippen LogP contribution >= 0.6 is 0 Å². The molecule has 1 heterocycles. The number of rotatable bonds is 8. The van der Waals surface area contributed by atoms with Crippen LogP contribution in [-0.4, -0.2) is 42.6 Å². The van der Waals surface area contributed by atoms with Crippen LogP contribution in [0.3, 0.4) is 0 Å². The highest BCUT2D eigenvalue weighted by Crippen LogP contribution is 2.20. The number of likely N-dealkylation sites (N-methyl/N-ethyl adjacent to an activating group) is 1. The number of hydrogen-bond acceptors (Lipinski definition) is 6. The van der Waals surface area contributed by atoms with E-state index < -0.39 is 0 Å². The topological polar surface area (TPSA) is 93.9 Å². The van der Waals surface area contributed by atoms with E-state index in [1.165, 1.54) is 4.90 Å². The van der Waals surface area contributed by atoms with Crippen molar-refractivity contribution in [3.8, 4) is 11.5 Å². The average Bonchev–Trinajstić information content (AvgIpc) is 3.09. The van der Waals surface area contributed by atoms with Crippen LogP contribution in [0, 0.1) is 13.8 Å². The number of aromatic nitrogens is 1. The molecule has 8 heteroatoms. The van der Waals surface area contributed by atoms with Crippen LogP contribution < -0.4 is 14.8 Å². The molecule has 8 nitrogen and oxygen atoms in total. The summed E-state index contributed by atoms with van der Waals surface area (Å²) in [5, 5.41) is 6.73. The van der Waals surface area contributed by atoms with Gasteiger partial charge in [0.25, 0.3) is 11.8 Å². The van der Waals surface area contributed by atoms with Gasteiger partial charge in [-0.15, -0.1) is 0 Å². The van der Waals surface area contributed by atoms with Crippen molar-refractivity contribution in [2.45, 2.75) is 20.5 Å². The van der Waals surface area contributed by atoms with E-state index in [-0.39, 0.29) is 18.4 Å². The molecule has 0 unspecified atom stereocenters. The molecule has 0 aliphatic rings. The molecule has 0 saturated carbocycles. The largest absolute Gasteiger partial charge is 0.489 e. The number of carbonyl (C=O) groups is 2. The summed E-state index contributed by atoms with van der Waals surface area (Å²) >= 11 is 0. The monoisotopic (exact) mass is 423 g/mol. The van der Waals surface area contributed by atoms with Gasteiger partial charge < -0.3 is 24.2 Å². The molecule has 0 bridgehead atoms. The lowest BCUT2D eigenvalue weighted by Crippen LogP contribution is -2.27. The zero-order chi connectivity index (χ0) is 22.4. The molecule has 162 valence electrons. The van der Waals surface area contributed by atoms with Crippen LogP contribution in [0.5, 0.6) is 11.5 Å². The highest BCUT2D eigenvalue weighted by molar-refractivity contribution is 6.04. The first-order valence-corrected chi connectivity index (χ1v) is 9.72. The highest BCUT2D eigenvalue weighted by atomic mass is 16.5. The molecule has 0 aliphatic heterocycles. The van der Waals surface area contributed by atoms with Crippen molar-refractivity contribution in [3.05, 3.63) is 71.1 Å². The van der Waals surface area contributed by atoms with Gasteiger partial charge in [-0.25, -0.2) is 0 Å². The first-order valence-electron chi connectivity index (χ1n) is 9.72. The molecule has 0 fully saturated rings. The molecule has 1 aromatic heterocycles. The molecule has 2 amide bonds. The number of anilines is 1. The molecular weight excluding hydrogens is 398 g/mol. The summed E-state index contributed by atoms with van der Waals surface area (Å²) in [7, 11) is 3.34. The number of benzene rings is 2. The molecule has 1 N–H and O–H groups in total. The second-order valence-electron chi connectivity index (χ2n) is 7.17. The summed E-state index contributed by atoms with van der Waals surface area (Å²) in [6.07, 6.45) is 0. The van der Waals surface area contributed by atoms with Crippen molar-refractivity contribution in [2.24, 2.45) is 0 Å². The van der Waals surface area contributed by atoms with Gasteiger partial charge in [-0.1, -0.05) is 5.16 Å². The predicted molar refractivity (Wildman–Crippen MR) is 115 cm³/mol. The van der Waals surface area contributed by atoms with E-state index in [1.807, 2.05) is 13.8 Å². The van der Waals surface area contributed by atoms with Gasteiger partial charge in [0.05, 0.1) is 11.3 Å². The molecule has 3 rings (SSSR count). The summed E-state index contributed by atoms with van der Waals surface area (Å²) in [5.41, 5.74) is 2.84. The SMILES string of the molecule is Cc1noc(C)c1COc1ccc(C(=O)Nc2ccc(OCC(=O)N(C)C)cc2)cc1. The van der Waals surface area contributed by atoms with E-state index in [1.54, 1.807) is 62.6 Å². The van der Waals surface area contributed by atoms with Crippen molar-refractivity contribution < 1.29 is 23.6 Å². The lowest BCUT2D eigenvalue weighted by molar-refractivity contribution is -0.130. The first kappa shape index (κ1) is 21.9. The fourth-order valence-electron chi connectivity index (χ4n) is 2.68. The van der Waals surface area contributed by atoms with Gasteiger partial charge in [-0.2, -0.15) is 0 Å². The molecule has 2 aromatic carbocycles. The molecule has 0 spiro atoms. The summed E-state index contributed by atoms with van der Waals surface area (Å²) in [6.45, 7) is 4.02. The number of aryl methyl sites for hydroxylation is 2. The van der Waals surface area contributed by atoms with Crippen LogP contribution in [-0.2, 0) is 11.4 Å². The zero-order valence-electron chi connectivity index (χ0n) is 18.0. The maximum Gasteiger partial charge on any atom is 0.259 e. The molecular formula is C23H25N3O5. The minimum atomic E-state index is -0.242. The number of amides is 2. The number of ether oxygens (including phenoxy) is 2. The second kappa shape index (κ2) is 9.80. The Morgan fingerprint density at radius 1 is 0.968 bits per heavy atom. The van der Waals surface area contributed by atoms with E-state index in [4.69, 9.17) is 14.0 Å². The summed E-state index contributed by atoms with van der Waals surface area (Å²) in [4.78, 5) is 25.5. The van der Waals surface area contributed by atoms with Crippen LogP contribution in [0.25, 0.3) is 0 Å². The second-order valence-corrected chi connectivity index (χ2v) is 7.17. The van der Waals surface area contributed by atoms with Crippen LogP contribution in [0.2, 0.25) is 0 Å². The lowest BCUT2D eigenvalue weighted by Gasteiger charge is -2.12. The Hall–Kier alpha value is -3.81. The van der Waals surface area contributed by atoms with Crippen LogP contribution in [0.4, 0.5) is 5.69 Å². The Kier molecular flexibility index (Phi) is 6.92. The third kappa shape index (κ3) is 5.85. The standard InChI is InChI=1S/C23H25N3O5/c1-15-21(16(2)31-25-15)13-29-19-9-5-17(6-10-19)23(28)24-18-7-11-20(12-8-18)30-14-22(27)26(3)4/h5-12H,13-14H2,1-4H3,(H,24,28). The van der Waals surface area contributed by atoms with Crippen molar-refractivity contribution in [1.29, 1.82) is 0 Å². The van der Waals surface area contributed by atoms with Gasteiger partial charge in [-0.3, -0.25) is 9.59 Å². The average molecular weight is 423 g/mol. The van der Waals surface area contributed by atoms with Crippen molar-refractivity contribution >= 4 is 17.5 Å². The highest BCUT2D eigenvalue weighted by Gasteiger charge is 2.11. The Balaban J connectivity index is 1.52. The molecule has 0 saturated heterocycles. The van der Waals surface area contributed by atoms with Gasteiger partial charge in [0.1, 0.15) is 23.9 Å². The number of carbonyl (C=O) groups excluding carboxylic acids is 2. The van der Waals surface area contributed by atoms with E-state index in [0.717, 1.165) is 17.0 Å². The van der Waals surface area contributed by atoms with E-state index >= 15 is 0 Å². The number of nitrogens with one attached hydrogen (secondary N) is 1. The molecule has 0 atom stereocenters. The maximum atomic E-state index is 12.5. The van der Waals surface area contributed by atoms with E-state index in [2.05, 4.69) is 10.5 Å². The van der Waals surface area contributed by atoms with E-state index in [0.29, 0.717) is 29.4 Å². The van der Waals surface area contributed by atoms with E-state index in [9.17, 15) is 9.59 Å². The first-order chi connectivity index (χ1) is 14.8. The van der Waals surface area contributed by atoms with Gasteiger partial charge in [0, 0.05) is 25.3 Å². The predicted octanol–water partition coefficient (Wildman–Crippen LogP) is 3.59. The Bertz CT molecular complexity index is 1020. The summed E-state index contributed by atoms with van der Waals surface area (Å²) in [5.74, 6) is 1.55. The quantitative estimate of drug-likeness (QED) is 0.595. The third-order valence-electron chi connectivity index (χ3n) is 4.65. The van der Waals surface area contributed by atoms with Crippen molar-refractivity contribution in [2.75, 3.05) is 26.0 Å². The van der Waals surface area contributed by atoms with Crippen LogP contribution in [0.1, 0.15) is 27.4 Å². The third-order valence-corrected chi connectivity index (χ3v) is 4.65.